The number of fused-ring (bicyclic) bond motifs is 1. The number of nitrogens with zero attached hydrogens (tertiary/aromatic N) is 3. The van der Waals surface area contributed by atoms with Crippen LogP contribution in [-0.4, -0.2) is 32.7 Å². The lowest BCUT2D eigenvalue weighted by Crippen LogP contribution is -2.32. The molecule has 3 rings (SSSR count). The third kappa shape index (κ3) is 4.28. The number of hydrogen-bond donors (Lipinski definition) is 0. The molecule has 0 radical (unpaired) electrons. The first kappa shape index (κ1) is 18.5. The second-order valence-electron chi connectivity index (χ2n) is 6.53. The van der Waals surface area contributed by atoms with E-state index in [-0.39, 0.29) is 5.91 Å². The maximum absolute atomic E-state index is 12.8. The second kappa shape index (κ2) is 8.41. The summed E-state index contributed by atoms with van der Waals surface area (Å²) >= 11 is 1.51. The topological polar surface area (TPSA) is 38.1 Å². The summed E-state index contributed by atoms with van der Waals surface area (Å²) in [6, 6.07) is 16.4. The quantitative estimate of drug-likeness (QED) is 0.581. The lowest BCUT2D eigenvalue weighted by molar-refractivity contribution is -0.129. The highest BCUT2D eigenvalue weighted by molar-refractivity contribution is 7.99. The minimum atomic E-state index is 0.157. The van der Waals surface area contributed by atoms with Crippen LogP contribution in [0.15, 0.2) is 53.7 Å². The fourth-order valence-corrected chi connectivity index (χ4v) is 3.84. The van der Waals surface area contributed by atoms with Gasteiger partial charge in [0.1, 0.15) is 0 Å². The van der Waals surface area contributed by atoms with Crippen LogP contribution in [0.4, 0.5) is 0 Å². The van der Waals surface area contributed by atoms with Gasteiger partial charge in [-0.25, -0.2) is 4.98 Å². The molecular weight excluding hydrogens is 342 g/mol. The van der Waals surface area contributed by atoms with Gasteiger partial charge < -0.3 is 9.47 Å². The number of rotatable bonds is 7. The molecular formula is C21H25N3OS. The summed E-state index contributed by atoms with van der Waals surface area (Å²) in [6.45, 7) is 5.62. The van der Waals surface area contributed by atoms with E-state index in [1.165, 1.54) is 22.9 Å². The van der Waals surface area contributed by atoms with E-state index in [9.17, 15) is 4.79 Å². The second-order valence-corrected chi connectivity index (χ2v) is 7.47. The molecule has 136 valence electrons. The van der Waals surface area contributed by atoms with Crippen molar-refractivity contribution in [1.82, 2.24) is 14.5 Å². The Morgan fingerprint density at radius 2 is 1.88 bits per heavy atom. The molecule has 0 aliphatic heterocycles. The summed E-state index contributed by atoms with van der Waals surface area (Å²) in [5.41, 5.74) is 4.46. The maximum atomic E-state index is 12.8. The lowest BCUT2D eigenvalue weighted by Gasteiger charge is -2.22. The Balaban J connectivity index is 1.67. The Kier molecular flexibility index (Phi) is 5.99. The molecule has 0 fully saturated rings. The fraction of sp³-hybridized carbons (Fsp3) is 0.333. The minimum Gasteiger partial charge on any atom is -0.338 e. The molecule has 5 heteroatoms. The molecule has 0 aliphatic rings. The Labute approximate surface area is 159 Å². The number of carbonyl (C=O) groups is 1. The summed E-state index contributed by atoms with van der Waals surface area (Å²) in [4.78, 5) is 19.4. The van der Waals surface area contributed by atoms with Gasteiger partial charge in [-0.1, -0.05) is 60.6 Å². The van der Waals surface area contributed by atoms with Gasteiger partial charge >= 0.3 is 0 Å². The van der Waals surface area contributed by atoms with Crippen LogP contribution in [0.5, 0.6) is 0 Å². The van der Waals surface area contributed by atoms with Gasteiger partial charge in [-0.15, -0.1) is 0 Å². The van der Waals surface area contributed by atoms with Gasteiger partial charge in [0.15, 0.2) is 5.16 Å². The van der Waals surface area contributed by atoms with Crippen molar-refractivity contribution in [3.8, 4) is 0 Å². The Bertz CT molecular complexity index is 886. The molecule has 0 bridgehead atoms. The van der Waals surface area contributed by atoms with Crippen LogP contribution in [-0.2, 0) is 18.4 Å². The van der Waals surface area contributed by atoms with Gasteiger partial charge in [0.25, 0.3) is 0 Å². The number of benzene rings is 2. The van der Waals surface area contributed by atoms with Crippen molar-refractivity contribution in [3.63, 3.8) is 0 Å². The summed E-state index contributed by atoms with van der Waals surface area (Å²) in [6.07, 6.45) is 0.953. The molecule has 0 atom stereocenters. The summed E-state index contributed by atoms with van der Waals surface area (Å²) < 4.78 is 2.05. The van der Waals surface area contributed by atoms with Crippen LogP contribution < -0.4 is 0 Å². The highest BCUT2D eigenvalue weighted by Gasteiger charge is 2.16. The number of aromatic nitrogens is 2. The number of imidazole rings is 1. The predicted molar refractivity (Wildman–Crippen MR) is 108 cm³/mol. The zero-order chi connectivity index (χ0) is 18.5. The van der Waals surface area contributed by atoms with Gasteiger partial charge in [-0.05, 0) is 31.0 Å². The van der Waals surface area contributed by atoms with E-state index in [0.717, 1.165) is 29.2 Å². The van der Waals surface area contributed by atoms with Crippen LogP contribution in [0.25, 0.3) is 11.0 Å². The van der Waals surface area contributed by atoms with Crippen molar-refractivity contribution in [2.45, 2.75) is 32.0 Å². The van der Waals surface area contributed by atoms with Gasteiger partial charge in [-0.3, -0.25) is 4.79 Å². The standard InChI is InChI=1S/C21H25N3OS/c1-4-13-24(14-17-11-9-16(2)10-12-17)20(25)15-26-21-22-18-7-5-6-8-19(18)23(21)3/h5-12H,4,13-15H2,1-3H3. The number of hydrogen-bond acceptors (Lipinski definition) is 3. The number of thioether (sulfide) groups is 1. The molecule has 4 nitrogen and oxygen atoms in total. The SMILES string of the molecule is CCCN(Cc1ccc(C)cc1)C(=O)CSc1nc2ccccc2n1C. The average Bonchev–Trinajstić information content (AvgIpc) is 2.97. The first-order chi connectivity index (χ1) is 12.6. The molecule has 0 aliphatic carbocycles. The van der Waals surface area contributed by atoms with Crippen molar-refractivity contribution >= 4 is 28.7 Å². The molecule has 0 saturated carbocycles. The van der Waals surface area contributed by atoms with Crippen molar-refractivity contribution in [3.05, 3.63) is 59.7 Å². The van der Waals surface area contributed by atoms with E-state index in [0.29, 0.717) is 12.3 Å². The molecule has 3 aromatic rings. The molecule has 0 saturated heterocycles. The van der Waals surface area contributed by atoms with Crippen LogP contribution in [0, 0.1) is 6.92 Å². The zero-order valence-electron chi connectivity index (χ0n) is 15.6. The van der Waals surface area contributed by atoms with E-state index in [4.69, 9.17) is 0 Å². The highest BCUT2D eigenvalue weighted by Crippen LogP contribution is 2.23. The monoisotopic (exact) mass is 367 g/mol. The number of carbonyl (C=O) groups excluding carboxylic acids is 1. The number of para-hydroxylation sites is 2. The third-order valence-corrected chi connectivity index (χ3v) is 5.43. The van der Waals surface area contributed by atoms with Gasteiger partial charge in [-0.2, -0.15) is 0 Å². The first-order valence-corrected chi connectivity index (χ1v) is 9.94. The summed E-state index contributed by atoms with van der Waals surface area (Å²) in [5.74, 6) is 0.563. The van der Waals surface area contributed by atoms with E-state index in [1.54, 1.807) is 0 Å². The molecule has 1 amide bonds. The van der Waals surface area contributed by atoms with Crippen molar-refractivity contribution < 1.29 is 4.79 Å². The van der Waals surface area contributed by atoms with Gasteiger partial charge in [0.2, 0.25) is 5.91 Å². The highest BCUT2D eigenvalue weighted by atomic mass is 32.2. The smallest absolute Gasteiger partial charge is 0.233 e. The predicted octanol–water partition coefficient (Wildman–Crippen LogP) is 4.41. The first-order valence-electron chi connectivity index (χ1n) is 8.96. The van der Waals surface area contributed by atoms with Gasteiger partial charge in [0, 0.05) is 20.1 Å². The molecule has 0 N–H and O–H groups in total. The van der Waals surface area contributed by atoms with Crippen molar-refractivity contribution in [2.24, 2.45) is 7.05 Å². The third-order valence-electron chi connectivity index (χ3n) is 4.41. The molecule has 0 spiro atoms. The average molecular weight is 368 g/mol. The Morgan fingerprint density at radius 3 is 2.58 bits per heavy atom. The zero-order valence-corrected chi connectivity index (χ0v) is 16.4. The molecule has 1 aromatic heterocycles. The maximum Gasteiger partial charge on any atom is 0.233 e. The largest absolute Gasteiger partial charge is 0.338 e. The molecule has 26 heavy (non-hydrogen) atoms. The Morgan fingerprint density at radius 1 is 1.15 bits per heavy atom. The Hall–Kier alpha value is -2.27. The van der Waals surface area contributed by atoms with E-state index >= 15 is 0 Å². The van der Waals surface area contributed by atoms with Gasteiger partial charge in [0.05, 0.1) is 16.8 Å². The van der Waals surface area contributed by atoms with Crippen LogP contribution >= 0.6 is 11.8 Å². The molecule has 1 heterocycles. The number of aryl methyl sites for hydroxylation is 2. The summed E-state index contributed by atoms with van der Waals surface area (Å²) in [7, 11) is 2.00. The fourth-order valence-electron chi connectivity index (χ4n) is 2.95. The van der Waals surface area contributed by atoms with E-state index in [2.05, 4.69) is 53.7 Å². The van der Waals surface area contributed by atoms with Crippen molar-refractivity contribution in [1.29, 1.82) is 0 Å². The summed E-state index contributed by atoms with van der Waals surface area (Å²) in [5, 5.41) is 0.881. The molecule has 0 unspecified atom stereocenters. The lowest BCUT2D eigenvalue weighted by atomic mass is 10.1. The number of amides is 1. The van der Waals surface area contributed by atoms with Crippen LogP contribution in [0.1, 0.15) is 24.5 Å². The minimum absolute atomic E-state index is 0.157. The van der Waals surface area contributed by atoms with E-state index < -0.39 is 0 Å². The van der Waals surface area contributed by atoms with Crippen LogP contribution in [0.3, 0.4) is 0 Å². The van der Waals surface area contributed by atoms with Crippen molar-refractivity contribution in [2.75, 3.05) is 12.3 Å². The van der Waals surface area contributed by atoms with E-state index in [1.807, 2.05) is 30.1 Å². The van der Waals surface area contributed by atoms with Crippen LogP contribution in [0.2, 0.25) is 0 Å². The molecule has 2 aromatic carbocycles. The normalized spacial score (nSPS) is 11.0.